The third-order valence-electron chi connectivity index (χ3n) is 4.46. The minimum absolute atomic E-state index is 0.540. The topological polar surface area (TPSA) is 12.0 Å². The van der Waals surface area contributed by atoms with Crippen LogP contribution in [0, 0.1) is 11.8 Å². The van der Waals surface area contributed by atoms with Crippen molar-refractivity contribution in [2.24, 2.45) is 11.8 Å². The van der Waals surface area contributed by atoms with Crippen LogP contribution in [-0.4, -0.2) is 6.04 Å². The van der Waals surface area contributed by atoms with Crippen LogP contribution in [0.4, 0.5) is 0 Å². The molecule has 1 aromatic rings. The van der Waals surface area contributed by atoms with Gasteiger partial charge in [-0.2, -0.15) is 0 Å². The van der Waals surface area contributed by atoms with Crippen molar-refractivity contribution in [1.29, 1.82) is 0 Å². The summed E-state index contributed by atoms with van der Waals surface area (Å²) in [6.45, 7) is 2.31. The van der Waals surface area contributed by atoms with Gasteiger partial charge in [-0.15, -0.1) is 11.3 Å². The maximum atomic E-state index is 3.84. The first-order valence-electron chi connectivity index (χ1n) is 7.12. The molecule has 0 amide bonds. The van der Waals surface area contributed by atoms with Gasteiger partial charge < -0.3 is 5.32 Å². The number of thiophene rings is 1. The highest BCUT2D eigenvalue weighted by Gasteiger charge is 2.34. The second kappa shape index (κ2) is 5.11. The molecule has 2 aliphatic rings. The number of nitrogens with one attached hydrogen (secondary N) is 1. The molecule has 0 aromatic carbocycles. The van der Waals surface area contributed by atoms with E-state index in [0.717, 1.165) is 17.9 Å². The molecule has 17 heavy (non-hydrogen) atoms. The molecule has 0 bridgehead atoms. The van der Waals surface area contributed by atoms with Gasteiger partial charge in [0.2, 0.25) is 0 Å². The fraction of sp³-hybridized carbons (Fsp3) is 0.733. The van der Waals surface area contributed by atoms with E-state index in [9.17, 15) is 0 Å². The van der Waals surface area contributed by atoms with Crippen LogP contribution >= 0.6 is 11.3 Å². The molecule has 0 spiro atoms. The Morgan fingerprint density at radius 3 is 2.82 bits per heavy atom. The highest BCUT2D eigenvalue weighted by molar-refractivity contribution is 7.10. The lowest BCUT2D eigenvalue weighted by molar-refractivity contribution is 0.250. The van der Waals surface area contributed by atoms with Gasteiger partial charge in [0.15, 0.2) is 0 Å². The van der Waals surface area contributed by atoms with Crippen LogP contribution in [-0.2, 0) is 0 Å². The fourth-order valence-corrected chi connectivity index (χ4v) is 4.09. The summed E-state index contributed by atoms with van der Waals surface area (Å²) < 4.78 is 0. The smallest absolute Gasteiger partial charge is 0.0388 e. The van der Waals surface area contributed by atoms with E-state index in [1.807, 2.05) is 11.3 Å². The highest BCUT2D eigenvalue weighted by atomic mass is 32.1. The van der Waals surface area contributed by atoms with Gasteiger partial charge in [0.05, 0.1) is 0 Å². The maximum absolute atomic E-state index is 3.84. The van der Waals surface area contributed by atoms with Crippen molar-refractivity contribution in [2.75, 3.05) is 0 Å². The minimum Gasteiger partial charge on any atom is -0.307 e. The van der Waals surface area contributed by atoms with Gasteiger partial charge in [0.1, 0.15) is 0 Å². The van der Waals surface area contributed by atoms with Crippen molar-refractivity contribution < 1.29 is 0 Å². The van der Waals surface area contributed by atoms with E-state index in [1.54, 1.807) is 0 Å². The van der Waals surface area contributed by atoms with Crippen molar-refractivity contribution in [3.05, 3.63) is 22.4 Å². The van der Waals surface area contributed by atoms with Crippen LogP contribution in [0.2, 0.25) is 0 Å². The van der Waals surface area contributed by atoms with E-state index in [4.69, 9.17) is 0 Å². The van der Waals surface area contributed by atoms with Crippen LogP contribution in [0.15, 0.2) is 17.5 Å². The molecule has 2 aliphatic carbocycles. The van der Waals surface area contributed by atoms with Crippen molar-refractivity contribution >= 4 is 11.3 Å². The van der Waals surface area contributed by atoms with Crippen molar-refractivity contribution in [3.63, 3.8) is 0 Å². The SMILES string of the molecule is C[C@H](NC1CCCC(C2CC2)C1)c1cccs1. The number of rotatable bonds is 4. The van der Waals surface area contributed by atoms with Crippen LogP contribution in [0.5, 0.6) is 0 Å². The summed E-state index contributed by atoms with van der Waals surface area (Å²) in [5.74, 6) is 2.13. The van der Waals surface area contributed by atoms with Gasteiger partial charge in [-0.1, -0.05) is 18.9 Å². The maximum Gasteiger partial charge on any atom is 0.0388 e. The molecule has 1 aromatic heterocycles. The Labute approximate surface area is 109 Å². The van der Waals surface area contributed by atoms with E-state index in [0.29, 0.717) is 6.04 Å². The molecule has 0 aliphatic heterocycles. The first kappa shape index (κ1) is 11.7. The summed E-state index contributed by atoms with van der Waals surface area (Å²) in [6, 6.07) is 5.72. The second-order valence-electron chi connectivity index (χ2n) is 5.86. The van der Waals surface area contributed by atoms with E-state index >= 15 is 0 Å². The number of hydrogen-bond acceptors (Lipinski definition) is 2. The molecule has 3 rings (SSSR count). The summed E-state index contributed by atoms with van der Waals surface area (Å²) in [4.78, 5) is 1.48. The Hall–Kier alpha value is -0.340. The standard InChI is InChI=1S/C15H23NS/c1-11(15-6-3-9-17-15)16-14-5-2-4-13(10-14)12-7-8-12/h3,6,9,11-14,16H,2,4-5,7-8,10H2,1H3/t11-,13?,14?/m0/s1. The first-order valence-corrected chi connectivity index (χ1v) is 8.00. The van der Waals surface area contributed by atoms with Crippen molar-refractivity contribution in [2.45, 2.75) is 57.5 Å². The van der Waals surface area contributed by atoms with Gasteiger partial charge in [0, 0.05) is 17.0 Å². The molecule has 0 saturated heterocycles. The van der Waals surface area contributed by atoms with E-state index in [-0.39, 0.29) is 0 Å². The lowest BCUT2D eigenvalue weighted by atomic mass is 9.82. The fourth-order valence-electron chi connectivity index (χ4n) is 3.35. The summed E-state index contributed by atoms with van der Waals surface area (Å²) in [5.41, 5.74) is 0. The molecule has 1 N–H and O–H groups in total. The Morgan fingerprint density at radius 2 is 2.12 bits per heavy atom. The third kappa shape index (κ3) is 2.92. The third-order valence-corrected chi connectivity index (χ3v) is 5.51. The zero-order valence-electron chi connectivity index (χ0n) is 10.7. The largest absolute Gasteiger partial charge is 0.307 e. The average Bonchev–Trinajstić information content (AvgIpc) is 3.04. The Balaban J connectivity index is 1.53. The molecule has 2 saturated carbocycles. The first-order chi connectivity index (χ1) is 8.33. The van der Waals surface area contributed by atoms with Crippen molar-refractivity contribution in [3.8, 4) is 0 Å². The van der Waals surface area contributed by atoms with Gasteiger partial charge in [-0.25, -0.2) is 0 Å². The zero-order valence-corrected chi connectivity index (χ0v) is 11.5. The molecular weight excluding hydrogens is 226 g/mol. The molecular formula is C15H23NS. The van der Waals surface area contributed by atoms with Gasteiger partial charge in [-0.05, 0) is 55.9 Å². The summed E-state index contributed by atoms with van der Waals surface area (Å²) in [6.07, 6.45) is 8.78. The van der Waals surface area contributed by atoms with Gasteiger partial charge >= 0.3 is 0 Å². The second-order valence-corrected chi connectivity index (χ2v) is 6.84. The zero-order chi connectivity index (χ0) is 11.7. The lowest BCUT2D eigenvalue weighted by Crippen LogP contribution is -2.36. The van der Waals surface area contributed by atoms with Crippen LogP contribution < -0.4 is 5.32 Å². The van der Waals surface area contributed by atoms with Gasteiger partial charge in [0.25, 0.3) is 0 Å². The Morgan fingerprint density at radius 1 is 1.24 bits per heavy atom. The minimum atomic E-state index is 0.540. The van der Waals surface area contributed by atoms with Crippen LogP contribution in [0.25, 0.3) is 0 Å². The molecule has 1 nitrogen and oxygen atoms in total. The van der Waals surface area contributed by atoms with Crippen molar-refractivity contribution in [1.82, 2.24) is 5.32 Å². The molecule has 0 radical (unpaired) electrons. The average molecular weight is 249 g/mol. The quantitative estimate of drug-likeness (QED) is 0.835. The monoisotopic (exact) mass is 249 g/mol. The normalized spacial score (nSPS) is 31.4. The molecule has 94 valence electrons. The highest BCUT2D eigenvalue weighted by Crippen LogP contribution is 2.44. The predicted molar refractivity (Wildman–Crippen MR) is 74.3 cm³/mol. The molecule has 2 heteroatoms. The summed E-state index contributed by atoms with van der Waals surface area (Å²) in [5, 5.41) is 6.03. The molecule has 2 unspecified atom stereocenters. The van der Waals surface area contributed by atoms with E-state index in [2.05, 4.69) is 29.8 Å². The summed E-state index contributed by atoms with van der Waals surface area (Å²) >= 11 is 1.88. The Kier molecular flexibility index (Phi) is 3.53. The number of hydrogen-bond donors (Lipinski definition) is 1. The predicted octanol–water partition coefficient (Wildman–Crippen LogP) is 4.37. The summed E-state index contributed by atoms with van der Waals surface area (Å²) in [7, 11) is 0. The van der Waals surface area contributed by atoms with E-state index < -0.39 is 0 Å². The van der Waals surface area contributed by atoms with Gasteiger partial charge in [-0.3, -0.25) is 0 Å². The molecule has 1 heterocycles. The molecule has 3 atom stereocenters. The van der Waals surface area contributed by atoms with Crippen LogP contribution in [0.1, 0.15) is 56.4 Å². The lowest BCUT2D eigenvalue weighted by Gasteiger charge is -2.31. The molecule has 2 fully saturated rings. The van der Waals surface area contributed by atoms with E-state index in [1.165, 1.54) is 43.4 Å². The van der Waals surface area contributed by atoms with Crippen LogP contribution in [0.3, 0.4) is 0 Å². The Bertz CT molecular complexity index is 342.